The van der Waals surface area contributed by atoms with Crippen LogP contribution in [0.15, 0.2) is 0 Å². The highest BCUT2D eigenvalue weighted by Crippen LogP contribution is 2.66. The van der Waals surface area contributed by atoms with Crippen molar-refractivity contribution in [2.75, 3.05) is 13.1 Å². The van der Waals surface area contributed by atoms with Crippen LogP contribution in [-0.4, -0.2) is 108 Å². The maximum atomic E-state index is 13.8. The zero-order chi connectivity index (χ0) is 46.9. The van der Waals surface area contributed by atoms with E-state index >= 15 is 0 Å². The number of hydrogen-bond acceptors (Lipinski definition) is 1. The highest BCUT2D eigenvalue weighted by atomic mass is 19.4. The van der Waals surface area contributed by atoms with Gasteiger partial charge in [-0.15, -0.1) is 0 Å². The average molecular weight is 937 g/mol. The molecule has 0 aliphatic carbocycles. The van der Waals surface area contributed by atoms with E-state index in [0.717, 1.165) is 0 Å². The average Bonchev–Trinajstić information content (AvgIpc) is 2.98. The van der Waals surface area contributed by atoms with Gasteiger partial charge in [-0.3, -0.25) is 0 Å². The van der Waals surface area contributed by atoms with E-state index in [4.69, 9.17) is 0 Å². The molecule has 1 nitrogen and oxygen atoms in total. The van der Waals surface area contributed by atoms with Crippen LogP contribution < -0.4 is 5.32 Å². The third kappa shape index (κ3) is 7.75. The lowest BCUT2D eigenvalue weighted by molar-refractivity contribution is -0.461. The highest BCUT2D eigenvalue weighted by Gasteiger charge is 2.96. The van der Waals surface area contributed by atoms with Crippen molar-refractivity contribution >= 4 is 0 Å². The first-order valence-corrected chi connectivity index (χ1v) is 13.3. The summed E-state index contributed by atoms with van der Waals surface area (Å²) in [6.07, 6.45) is -26.4. The molecular weight excluding hydrogens is 924 g/mol. The quantitative estimate of drug-likeness (QED) is 0.0947. The summed E-state index contributed by atoms with van der Waals surface area (Å²) in [6, 6.07) is 0. The van der Waals surface area contributed by atoms with E-state index in [1.807, 2.05) is 0 Å². The Hall–Kier alpha value is -2.42. The normalized spacial score (nSPS) is 16.7. The second-order valence-corrected chi connectivity index (χ2v) is 11.3. The van der Waals surface area contributed by atoms with Gasteiger partial charge in [0.15, 0.2) is 0 Å². The number of hydrogen-bond donors (Lipinski definition) is 1. The van der Waals surface area contributed by atoms with Crippen LogP contribution in [0.3, 0.4) is 0 Å². The third-order valence-corrected chi connectivity index (χ3v) is 7.26. The van der Waals surface area contributed by atoms with Crippen LogP contribution in [0.2, 0.25) is 0 Å². The molecule has 1 N–H and O–H groups in total. The molecule has 0 saturated heterocycles. The molecular formula is C22H13F34N. The topological polar surface area (TPSA) is 12.0 Å². The lowest BCUT2D eigenvalue weighted by Crippen LogP contribution is -2.74. The minimum absolute atomic E-state index is 1.28. The summed E-state index contributed by atoms with van der Waals surface area (Å²) in [5.74, 6) is -118. The lowest BCUT2D eigenvalue weighted by Gasteiger charge is -2.42. The molecule has 0 radical (unpaired) electrons. The van der Waals surface area contributed by atoms with Gasteiger partial charge in [-0.25, -0.2) is 0 Å². The smallest absolute Gasteiger partial charge is 0.317 e. The highest BCUT2D eigenvalue weighted by molar-refractivity contribution is 5.16. The molecule has 0 fully saturated rings. The zero-order valence-electron chi connectivity index (χ0n) is 25.6. The number of halogens is 34. The Morgan fingerprint density at radius 2 is 0.368 bits per heavy atom. The first-order chi connectivity index (χ1) is 24.2. The second kappa shape index (κ2) is 14.6. The van der Waals surface area contributed by atoms with E-state index in [1.165, 1.54) is 5.32 Å². The second-order valence-electron chi connectivity index (χ2n) is 11.3. The molecule has 344 valence electrons. The molecule has 0 spiro atoms. The molecule has 0 heterocycles. The van der Waals surface area contributed by atoms with Gasteiger partial charge in [-0.2, -0.15) is 149 Å². The molecule has 0 aromatic rings. The molecule has 0 bridgehead atoms. The van der Waals surface area contributed by atoms with Gasteiger partial charge in [-0.1, -0.05) is 0 Å². The lowest BCUT2D eigenvalue weighted by atomic mass is 9.88. The largest absolute Gasteiger partial charge is 0.460 e. The molecule has 0 rings (SSSR count). The number of rotatable bonds is 20. The minimum Gasteiger partial charge on any atom is -0.317 e. The van der Waals surface area contributed by atoms with Crippen molar-refractivity contribution in [3.05, 3.63) is 0 Å². The SMILES string of the molecule is FC(F)(F)C(F)(F)C(F)(F)C(F)(F)C(F)(F)C(F)(F)C(F)(F)C(F)(F)CCCNCCCC(F)(F)C(F)(F)C(F)(F)C(F)(F)C(F)(F)C(F)(F)C(F)(F)C(F)(F)F. The van der Waals surface area contributed by atoms with Crippen LogP contribution in [0.25, 0.3) is 0 Å². The monoisotopic (exact) mass is 937 g/mol. The van der Waals surface area contributed by atoms with Gasteiger partial charge in [0.05, 0.1) is 0 Å². The van der Waals surface area contributed by atoms with Crippen LogP contribution in [0, 0.1) is 0 Å². The van der Waals surface area contributed by atoms with Crippen molar-refractivity contribution in [3.8, 4) is 0 Å². The summed E-state index contributed by atoms with van der Waals surface area (Å²) in [5, 5.41) is 1.28. The Morgan fingerprint density at radius 1 is 0.211 bits per heavy atom. The van der Waals surface area contributed by atoms with E-state index in [1.54, 1.807) is 0 Å². The fraction of sp³-hybridized carbons (Fsp3) is 1.00. The van der Waals surface area contributed by atoms with Crippen molar-refractivity contribution in [2.45, 2.75) is 121 Å². The van der Waals surface area contributed by atoms with Crippen LogP contribution in [0.5, 0.6) is 0 Å². The number of alkyl halides is 34. The minimum atomic E-state index is -8.96. The van der Waals surface area contributed by atoms with Gasteiger partial charge in [0.25, 0.3) is 0 Å². The Balaban J connectivity index is 5.96. The fourth-order valence-corrected chi connectivity index (χ4v) is 3.70. The molecule has 0 aromatic heterocycles. The van der Waals surface area contributed by atoms with Crippen molar-refractivity contribution in [3.63, 3.8) is 0 Å². The van der Waals surface area contributed by atoms with Gasteiger partial charge in [0.1, 0.15) is 0 Å². The molecule has 0 saturated carbocycles. The summed E-state index contributed by atoms with van der Waals surface area (Å²) in [5.41, 5.74) is 0. The summed E-state index contributed by atoms with van der Waals surface area (Å²) < 4.78 is 450. The van der Waals surface area contributed by atoms with Crippen LogP contribution in [0.1, 0.15) is 25.7 Å². The molecule has 0 amide bonds. The van der Waals surface area contributed by atoms with Gasteiger partial charge >= 0.3 is 95.3 Å². The molecule has 57 heavy (non-hydrogen) atoms. The van der Waals surface area contributed by atoms with Gasteiger partial charge in [-0.05, 0) is 25.9 Å². The van der Waals surface area contributed by atoms with E-state index < -0.39 is 134 Å². The van der Waals surface area contributed by atoms with Gasteiger partial charge in [0.2, 0.25) is 0 Å². The molecule has 0 atom stereocenters. The Morgan fingerprint density at radius 3 is 0.544 bits per heavy atom. The molecule has 0 aliphatic rings. The third-order valence-electron chi connectivity index (χ3n) is 7.26. The maximum Gasteiger partial charge on any atom is 0.460 e. The first kappa shape index (κ1) is 54.6. The van der Waals surface area contributed by atoms with Crippen LogP contribution >= 0.6 is 0 Å². The van der Waals surface area contributed by atoms with Gasteiger partial charge in [0, 0.05) is 12.8 Å². The summed E-state index contributed by atoms with van der Waals surface area (Å²) >= 11 is 0. The predicted octanol–water partition coefficient (Wildman–Crippen LogP) is 12.2. The Labute approximate surface area is 290 Å². The van der Waals surface area contributed by atoms with Crippen molar-refractivity contribution in [1.29, 1.82) is 0 Å². The fourth-order valence-electron chi connectivity index (χ4n) is 3.70. The summed E-state index contributed by atoms with van der Waals surface area (Å²) in [4.78, 5) is 0. The first-order valence-electron chi connectivity index (χ1n) is 13.3. The van der Waals surface area contributed by atoms with Crippen molar-refractivity contribution in [2.24, 2.45) is 0 Å². The standard InChI is InChI=1S/C22H13F34N/c23-7(24,9(27,28)11(31,32)13(35,36)15(39,40)17(43,44)19(47,48)21(51,52)53)3-1-5-57-6-2-4-8(25,26)10(29,30)12(33,34)14(37,38)16(41,42)18(45,46)20(49,50)22(54,55)56/h57H,1-6H2. The van der Waals surface area contributed by atoms with Crippen molar-refractivity contribution < 1.29 is 149 Å². The number of nitrogens with one attached hydrogen (secondary N) is 1. The molecule has 35 heteroatoms. The van der Waals surface area contributed by atoms with E-state index in [9.17, 15) is 149 Å². The Kier molecular flexibility index (Phi) is 14.0. The molecule has 0 unspecified atom stereocenters. The Bertz CT molecular complexity index is 1260. The summed E-state index contributed by atoms with van der Waals surface area (Å²) in [7, 11) is 0. The summed E-state index contributed by atoms with van der Waals surface area (Å²) in [6.45, 7) is -3.38. The zero-order valence-corrected chi connectivity index (χ0v) is 25.6. The van der Waals surface area contributed by atoms with E-state index in [2.05, 4.69) is 0 Å². The van der Waals surface area contributed by atoms with E-state index in [0.29, 0.717) is 0 Å². The molecule has 0 aromatic carbocycles. The maximum absolute atomic E-state index is 13.8. The molecule has 0 aliphatic heterocycles. The van der Waals surface area contributed by atoms with Gasteiger partial charge < -0.3 is 5.32 Å². The van der Waals surface area contributed by atoms with Crippen LogP contribution in [0.4, 0.5) is 149 Å². The van der Waals surface area contributed by atoms with Crippen LogP contribution in [-0.2, 0) is 0 Å². The van der Waals surface area contributed by atoms with Crippen molar-refractivity contribution in [1.82, 2.24) is 5.32 Å². The van der Waals surface area contributed by atoms with E-state index in [-0.39, 0.29) is 0 Å². The predicted molar refractivity (Wildman–Crippen MR) is 113 cm³/mol.